The standard InChI is InChI=1S/C20H20N2O5/c1-15(2)20(23)27-13-3-12-26-19-10-6-17(7-11-19)21-14-16-4-8-18(9-5-16)22(24)25/h4-11,14H,1,3,12-13H2,2H3. The van der Waals surface area contributed by atoms with Crippen LogP contribution in [0.5, 0.6) is 5.75 Å². The number of non-ortho nitro benzene ring substituents is 1. The third kappa shape index (κ3) is 6.74. The Balaban J connectivity index is 1.78. The van der Waals surface area contributed by atoms with Crippen LogP contribution in [0.2, 0.25) is 0 Å². The summed E-state index contributed by atoms with van der Waals surface area (Å²) in [5.41, 5.74) is 1.92. The number of esters is 1. The summed E-state index contributed by atoms with van der Waals surface area (Å²) in [7, 11) is 0. The summed E-state index contributed by atoms with van der Waals surface area (Å²) in [4.78, 5) is 25.7. The summed E-state index contributed by atoms with van der Waals surface area (Å²) in [6.45, 7) is 5.82. The van der Waals surface area contributed by atoms with Crippen LogP contribution in [0.15, 0.2) is 65.7 Å². The smallest absolute Gasteiger partial charge is 0.333 e. The van der Waals surface area contributed by atoms with Crippen LogP contribution in [0.1, 0.15) is 18.9 Å². The van der Waals surface area contributed by atoms with Gasteiger partial charge in [-0.05, 0) is 48.9 Å². The van der Waals surface area contributed by atoms with E-state index >= 15 is 0 Å². The van der Waals surface area contributed by atoms with Gasteiger partial charge in [-0.25, -0.2) is 4.79 Å². The van der Waals surface area contributed by atoms with E-state index in [9.17, 15) is 14.9 Å². The van der Waals surface area contributed by atoms with Crippen molar-refractivity contribution in [3.63, 3.8) is 0 Å². The van der Waals surface area contributed by atoms with E-state index in [1.165, 1.54) is 12.1 Å². The molecule has 0 atom stereocenters. The third-order valence-electron chi connectivity index (χ3n) is 3.44. The molecule has 0 aliphatic heterocycles. The number of carbonyl (C=O) groups is 1. The van der Waals surface area contributed by atoms with Gasteiger partial charge >= 0.3 is 5.97 Å². The third-order valence-corrected chi connectivity index (χ3v) is 3.44. The lowest BCUT2D eigenvalue weighted by atomic mass is 10.2. The highest BCUT2D eigenvalue weighted by Crippen LogP contribution is 2.18. The first kappa shape index (κ1) is 19.8. The second-order valence-corrected chi connectivity index (χ2v) is 5.72. The van der Waals surface area contributed by atoms with E-state index in [0.717, 1.165) is 11.3 Å². The Kier molecular flexibility index (Phi) is 7.25. The molecule has 0 saturated heterocycles. The molecule has 0 radical (unpaired) electrons. The minimum absolute atomic E-state index is 0.0445. The number of rotatable bonds is 9. The Bertz CT molecular complexity index is 826. The zero-order valence-electron chi connectivity index (χ0n) is 15.0. The first-order valence-corrected chi connectivity index (χ1v) is 8.30. The van der Waals surface area contributed by atoms with Gasteiger partial charge in [0.2, 0.25) is 0 Å². The first-order valence-electron chi connectivity index (χ1n) is 8.30. The SMILES string of the molecule is C=C(C)C(=O)OCCCOc1ccc(N=Cc2ccc([N+](=O)[O-])cc2)cc1. The predicted molar refractivity (Wildman–Crippen MR) is 103 cm³/mol. The van der Waals surface area contributed by atoms with Crippen molar-refractivity contribution in [2.75, 3.05) is 13.2 Å². The van der Waals surface area contributed by atoms with Gasteiger partial charge in [-0.3, -0.25) is 15.1 Å². The number of nitro groups is 1. The highest BCUT2D eigenvalue weighted by Gasteiger charge is 2.03. The van der Waals surface area contributed by atoms with Crippen LogP contribution in [0.4, 0.5) is 11.4 Å². The minimum atomic E-state index is -0.440. The summed E-state index contributed by atoms with van der Waals surface area (Å²) in [5, 5.41) is 10.6. The molecule has 0 aliphatic carbocycles. The van der Waals surface area contributed by atoms with Crippen molar-refractivity contribution in [1.29, 1.82) is 0 Å². The summed E-state index contributed by atoms with van der Waals surface area (Å²) in [6, 6.07) is 13.3. The van der Waals surface area contributed by atoms with Gasteiger partial charge in [0, 0.05) is 30.3 Å². The molecule has 0 aliphatic rings. The second kappa shape index (κ2) is 9.86. The molecular weight excluding hydrogens is 348 g/mol. The number of benzene rings is 2. The molecule has 0 saturated carbocycles. The Labute approximate surface area is 157 Å². The maximum Gasteiger partial charge on any atom is 0.333 e. The van der Waals surface area contributed by atoms with Gasteiger partial charge in [0.25, 0.3) is 5.69 Å². The van der Waals surface area contributed by atoms with Crippen molar-refractivity contribution >= 4 is 23.6 Å². The predicted octanol–water partition coefficient (Wildman–Crippen LogP) is 4.23. The van der Waals surface area contributed by atoms with Crippen molar-refractivity contribution in [2.24, 2.45) is 4.99 Å². The van der Waals surface area contributed by atoms with Crippen molar-refractivity contribution < 1.29 is 19.2 Å². The molecular formula is C20H20N2O5. The van der Waals surface area contributed by atoms with Crippen LogP contribution in [-0.2, 0) is 9.53 Å². The van der Waals surface area contributed by atoms with E-state index in [1.54, 1.807) is 49.5 Å². The van der Waals surface area contributed by atoms with Gasteiger partial charge < -0.3 is 9.47 Å². The van der Waals surface area contributed by atoms with Crippen LogP contribution in [-0.4, -0.2) is 30.3 Å². The number of nitro benzene ring substituents is 1. The molecule has 7 heteroatoms. The number of carbonyl (C=O) groups excluding carboxylic acids is 1. The number of ether oxygens (including phenoxy) is 2. The lowest BCUT2D eigenvalue weighted by Gasteiger charge is -2.07. The zero-order chi connectivity index (χ0) is 19.6. The quantitative estimate of drug-likeness (QED) is 0.165. The fourth-order valence-electron chi connectivity index (χ4n) is 2.00. The molecule has 0 amide bonds. The average molecular weight is 368 g/mol. The summed E-state index contributed by atoms with van der Waals surface area (Å²) >= 11 is 0. The zero-order valence-corrected chi connectivity index (χ0v) is 15.0. The fourth-order valence-corrected chi connectivity index (χ4v) is 2.00. The average Bonchev–Trinajstić information content (AvgIpc) is 2.67. The number of hydrogen-bond donors (Lipinski definition) is 0. The summed E-state index contributed by atoms with van der Waals surface area (Å²) < 4.78 is 10.6. The molecule has 27 heavy (non-hydrogen) atoms. The summed E-state index contributed by atoms with van der Waals surface area (Å²) in [5.74, 6) is 0.292. The van der Waals surface area contributed by atoms with Gasteiger partial charge in [-0.1, -0.05) is 6.58 Å². The Morgan fingerprint density at radius 1 is 1.15 bits per heavy atom. The number of nitrogens with zero attached hydrogens (tertiary/aromatic N) is 2. The van der Waals surface area contributed by atoms with Crippen LogP contribution in [0.25, 0.3) is 0 Å². The molecule has 0 spiro atoms. The highest BCUT2D eigenvalue weighted by molar-refractivity contribution is 5.86. The normalized spacial score (nSPS) is 10.6. The molecule has 0 heterocycles. The van der Waals surface area contributed by atoms with Gasteiger partial charge in [-0.2, -0.15) is 0 Å². The molecule has 0 aromatic heterocycles. The van der Waals surface area contributed by atoms with E-state index in [2.05, 4.69) is 11.6 Å². The molecule has 0 N–H and O–H groups in total. The first-order chi connectivity index (χ1) is 13.0. The topological polar surface area (TPSA) is 91.0 Å². The molecule has 7 nitrogen and oxygen atoms in total. The highest BCUT2D eigenvalue weighted by atomic mass is 16.6. The van der Waals surface area contributed by atoms with Crippen LogP contribution >= 0.6 is 0 Å². The van der Waals surface area contributed by atoms with E-state index in [1.807, 2.05) is 0 Å². The fraction of sp³-hybridized carbons (Fsp3) is 0.200. The second-order valence-electron chi connectivity index (χ2n) is 5.72. The van der Waals surface area contributed by atoms with E-state index < -0.39 is 10.9 Å². The largest absolute Gasteiger partial charge is 0.493 e. The van der Waals surface area contributed by atoms with Crippen LogP contribution < -0.4 is 4.74 Å². The molecule has 2 aromatic carbocycles. The van der Waals surface area contributed by atoms with Crippen molar-refractivity contribution in [1.82, 2.24) is 0 Å². The maximum atomic E-state index is 11.2. The Hall–Kier alpha value is -3.48. The molecule has 140 valence electrons. The van der Waals surface area contributed by atoms with Gasteiger partial charge in [0.1, 0.15) is 5.75 Å². The molecule has 2 rings (SSSR count). The van der Waals surface area contributed by atoms with Crippen molar-refractivity contribution in [3.05, 3.63) is 76.4 Å². The van der Waals surface area contributed by atoms with E-state index in [0.29, 0.717) is 24.4 Å². The lowest BCUT2D eigenvalue weighted by Crippen LogP contribution is -2.09. The molecule has 2 aromatic rings. The monoisotopic (exact) mass is 368 g/mol. The van der Waals surface area contributed by atoms with Gasteiger partial charge in [-0.15, -0.1) is 0 Å². The Morgan fingerprint density at radius 3 is 2.41 bits per heavy atom. The van der Waals surface area contributed by atoms with E-state index in [-0.39, 0.29) is 12.3 Å². The maximum absolute atomic E-state index is 11.2. The lowest BCUT2D eigenvalue weighted by molar-refractivity contribution is -0.384. The summed E-state index contributed by atoms with van der Waals surface area (Å²) in [6.07, 6.45) is 2.22. The van der Waals surface area contributed by atoms with Gasteiger partial charge in [0.15, 0.2) is 0 Å². The number of hydrogen-bond acceptors (Lipinski definition) is 6. The van der Waals surface area contributed by atoms with Crippen LogP contribution in [0, 0.1) is 10.1 Å². The molecule has 0 bridgehead atoms. The molecule has 0 fully saturated rings. The molecule has 0 unspecified atom stereocenters. The minimum Gasteiger partial charge on any atom is -0.493 e. The van der Waals surface area contributed by atoms with E-state index in [4.69, 9.17) is 9.47 Å². The van der Waals surface area contributed by atoms with Crippen molar-refractivity contribution in [2.45, 2.75) is 13.3 Å². The van der Waals surface area contributed by atoms with Crippen LogP contribution in [0.3, 0.4) is 0 Å². The van der Waals surface area contributed by atoms with Crippen molar-refractivity contribution in [3.8, 4) is 5.75 Å². The number of aliphatic imine (C=N–C) groups is 1. The Morgan fingerprint density at radius 2 is 1.81 bits per heavy atom. The van der Waals surface area contributed by atoms with Gasteiger partial charge in [0.05, 0.1) is 23.8 Å².